The van der Waals surface area contributed by atoms with Gasteiger partial charge in [0.2, 0.25) is 5.91 Å². The van der Waals surface area contributed by atoms with Gasteiger partial charge >= 0.3 is 0 Å². The molecule has 2 rings (SSSR count). The van der Waals surface area contributed by atoms with Crippen LogP contribution in [-0.4, -0.2) is 35.6 Å². The van der Waals surface area contributed by atoms with Gasteiger partial charge in [-0.1, -0.05) is 31.2 Å². The van der Waals surface area contributed by atoms with E-state index in [-0.39, 0.29) is 12.5 Å². The summed E-state index contributed by atoms with van der Waals surface area (Å²) in [7, 11) is 0. The molecule has 0 spiro atoms. The van der Waals surface area contributed by atoms with Crippen LogP contribution in [0.4, 0.5) is 0 Å². The standard InChI is InChI=1S/C18H25NO2/c1-2-15-5-7-16(8-6-15)9-10-18(21)19-12-3-4-17(14-19)11-13-20/h5-10,17,20H,2-4,11-14H2,1H3. The molecule has 1 aliphatic rings. The van der Waals surface area contributed by atoms with Crippen LogP contribution in [0.5, 0.6) is 0 Å². The Bertz CT molecular complexity index is 476. The van der Waals surface area contributed by atoms with E-state index in [1.807, 2.05) is 23.1 Å². The number of aryl methyl sites for hydroxylation is 1. The lowest BCUT2D eigenvalue weighted by molar-refractivity contribution is -0.127. The quantitative estimate of drug-likeness (QED) is 0.846. The molecule has 1 amide bonds. The average molecular weight is 287 g/mol. The second kappa shape index (κ2) is 7.99. The lowest BCUT2D eigenvalue weighted by Crippen LogP contribution is -2.39. The van der Waals surface area contributed by atoms with Crippen LogP contribution in [0.25, 0.3) is 6.08 Å². The van der Waals surface area contributed by atoms with Crippen molar-refractivity contribution in [3.05, 3.63) is 41.5 Å². The number of carbonyl (C=O) groups excluding carboxylic acids is 1. The molecule has 0 radical (unpaired) electrons. The van der Waals surface area contributed by atoms with Gasteiger partial charge in [-0.05, 0) is 48.8 Å². The summed E-state index contributed by atoms with van der Waals surface area (Å²) >= 11 is 0. The fourth-order valence-corrected chi connectivity index (χ4v) is 2.82. The summed E-state index contributed by atoms with van der Waals surface area (Å²) in [6.45, 7) is 3.96. The first kappa shape index (κ1) is 15.8. The Morgan fingerprint density at radius 3 is 2.81 bits per heavy atom. The van der Waals surface area contributed by atoms with Crippen molar-refractivity contribution in [1.82, 2.24) is 4.90 Å². The Hall–Kier alpha value is -1.61. The maximum absolute atomic E-state index is 12.2. The van der Waals surface area contributed by atoms with Gasteiger partial charge in [-0.15, -0.1) is 0 Å². The van der Waals surface area contributed by atoms with Crippen molar-refractivity contribution in [3.63, 3.8) is 0 Å². The van der Waals surface area contributed by atoms with E-state index in [9.17, 15) is 4.79 Å². The molecule has 0 saturated carbocycles. The molecule has 1 fully saturated rings. The number of likely N-dealkylation sites (tertiary alicyclic amines) is 1. The summed E-state index contributed by atoms with van der Waals surface area (Å²) in [5, 5.41) is 9.02. The summed E-state index contributed by atoms with van der Waals surface area (Å²) in [6.07, 6.45) is 7.54. The van der Waals surface area contributed by atoms with Crippen LogP contribution >= 0.6 is 0 Å². The maximum atomic E-state index is 12.2. The second-order valence-corrected chi connectivity index (χ2v) is 5.73. The Balaban J connectivity index is 1.91. The molecule has 1 aliphatic heterocycles. The van der Waals surface area contributed by atoms with Gasteiger partial charge in [0.25, 0.3) is 0 Å². The highest BCUT2D eigenvalue weighted by molar-refractivity contribution is 5.91. The summed E-state index contributed by atoms with van der Waals surface area (Å²) in [6, 6.07) is 8.30. The molecule has 1 N–H and O–H groups in total. The Labute approximate surface area is 127 Å². The zero-order chi connectivity index (χ0) is 15.1. The summed E-state index contributed by atoms with van der Waals surface area (Å²) in [5.41, 5.74) is 2.37. The minimum absolute atomic E-state index is 0.0807. The number of rotatable bonds is 5. The van der Waals surface area contributed by atoms with Crippen LogP contribution < -0.4 is 0 Å². The number of aliphatic hydroxyl groups excluding tert-OH is 1. The van der Waals surface area contributed by atoms with E-state index < -0.39 is 0 Å². The van der Waals surface area contributed by atoms with E-state index in [2.05, 4.69) is 19.1 Å². The molecule has 21 heavy (non-hydrogen) atoms. The molecule has 0 aliphatic carbocycles. The van der Waals surface area contributed by atoms with Crippen molar-refractivity contribution in [2.45, 2.75) is 32.6 Å². The molecular weight excluding hydrogens is 262 g/mol. The fraction of sp³-hybridized carbons (Fsp3) is 0.500. The SMILES string of the molecule is CCc1ccc(C=CC(=O)N2CCCC(CCO)C2)cc1. The molecule has 1 unspecified atom stereocenters. The number of nitrogens with zero attached hydrogens (tertiary/aromatic N) is 1. The van der Waals surface area contributed by atoms with Crippen LogP contribution in [0.3, 0.4) is 0 Å². The summed E-state index contributed by atoms with van der Waals surface area (Å²) in [5.74, 6) is 0.530. The predicted molar refractivity (Wildman–Crippen MR) is 85.9 cm³/mol. The maximum Gasteiger partial charge on any atom is 0.246 e. The summed E-state index contributed by atoms with van der Waals surface area (Å²) in [4.78, 5) is 14.1. The highest BCUT2D eigenvalue weighted by Gasteiger charge is 2.21. The fourth-order valence-electron chi connectivity index (χ4n) is 2.82. The van der Waals surface area contributed by atoms with E-state index >= 15 is 0 Å². The smallest absolute Gasteiger partial charge is 0.246 e. The molecule has 1 heterocycles. The topological polar surface area (TPSA) is 40.5 Å². The zero-order valence-corrected chi connectivity index (χ0v) is 12.8. The number of hydrogen-bond acceptors (Lipinski definition) is 2. The third-order valence-electron chi connectivity index (χ3n) is 4.17. The third-order valence-corrected chi connectivity index (χ3v) is 4.17. The van der Waals surface area contributed by atoms with Gasteiger partial charge in [-0.3, -0.25) is 4.79 Å². The van der Waals surface area contributed by atoms with Crippen molar-refractivity contribution in [3.8, 4) is 0 Å². The monoisotopic (exact) mass is 287 g/mol. The third kappa shape index (κ3) is 4.71. The lowest BCUT2D eigenvalue weighted by atomic mass is 9.95. The second-order valence-electron chi connectivity index (χ2n) is 5.73. The minimum Gasteiger partial charge on any atom is -0.396 e. The van der Waals surface area contributed by atoms with Crippen molar-refractivity contribution >= 4 is 12.0 Å². The van der Waals surface area contributed by atoms with Crippen LogP contribution in [0, 0.1) is 5.92 Å². The minimum atomic E-state index is 0.0807. The van der Waals surface area contributed by atoms with Crippen molar-refractivity contribution < 1.29 is 9.90 Å². The van der Waals surface area contributed by atoms with Crippen LogP contribution in [0.1, 0.15) is 37.3 Å². The largest absolute Gasteiger partial charge is 0.396 e. The molecule has 114 valence electrons. The van der Waals surface area contributed by atoms with Gasteiger partial charge in [0.15, 0.2) is 0 Å². The molecule has 1 atom stereocenters. The van der Waals surface area contributed by atoms with Crippen molar-refractivity contribution in [1.29, 1.82) is 0 Å². The average Bonchev–Trinajstić information content (AvgIpc) is 2.53. The normalized spacial score (nSPS) is 19.1. The Kier molecular flexibility index (Phi) is 6.00. The van der Waals surface area contributed by atoms with Gasteiger partial charge in [0.1, 0.15) is 0 Å². The van der Waals surface area contributed by atoms with E-state index in [0.717, 1.165) is 44.3 Å². The van der Waals surface area contributed by atoms with Crippen LogP contribution in [0.15, 0.2) is 30.3 Å². The molecule has 3 nitrogen and oxygen atoms in total. The van der Waals surface area contributed by atoms with Crippen molar-refractivity contribution in [2.24, 2.45) is 5.92 Å². The van der Waals surface area contributed by atoms with Crippen LogP contribution in [-0.2, 0) is 11.2 Å². The number of aliphatic hydroxyl groups is 1. The highest BCUT2D eigenvalue weighted by Crippen LogP contribution is 2.19. The first-order valence-corrected chi connectivity index (χ1v) is 7.89. The summed E-state index contributed by atoms with van der Waals surface area (Å²) < 4.78 is 0. The van der Waals surface area contributed by atoms with Gasteiger partial charge in [-0.2, -0.15) is 0 Å². The lowest BCUT2D eigenvalue weighted by Gasteiger charge is -2.31. The molecular formula is C18H25NO2. The van der Waals surface area contributed by atoms with Gasteiger partial charge in [0.05, 0.1) is 0 Å². The van der Waals surface area contributed by atoms with E-state index in [1.165, 1.54) is 5.56 Å². The zero-order valence-electron chi connectivity index (χ0n) is 12.8. The number of amides is 1. The molecule has 3 heteroatoms. The van der Waals surface area contributed by atoms with Crippen LogP contribution in [0.2, 0.25) is 0 Å². The molecule has 0 aromatic heterocycles. The number of benzene rings is 1. The molecule has 1 saturated heterocycles. The molecule has 1 aromatic carbocycles. The number of carbonyl (C=O) groups is 1. The van der Waals surface area contributed by atoms with Gasteiger partial charge < -0.3 is 10.0 Å². The number of hydrogen-bond donors (Lipinski definition) is 1. The van der Waals surface area contributed by atoms with E-state index in [4.69, 9.17) is 5.11 Å². The Morgan fingerprint density at radius 2 is 2.14 bits per heavy atom. The van der Waals surface area contributed by atoms with Gasteiger partial charge in [-0.25, -0.2) is 0 Å². The van der Waals surface area contributed by atoms with Crippen molar-refractivity contribution in [2.75, 3.05) is 19.7 Å². The first-order chi connectivity index (χ1) is 10.2. The first-order valence-electron chi connectivity index (χ1n) is 7.89. The van der Waals surface area contributed by atoms with Gasteiger partial charge in [0, 0.05) is 25.8 Å². The molecule has 0 bridgehead atoms. The molecule has 1 aromatic rings. The van der Waals surface area contributed by atoms with E-state index in [1.54, 1.807) is 6.08 Å². The predicted octanol–water partition coefficient (Wildman–Crippen LogP) is 2.88. The number of piperidine rings is 1. The Morgan fingerprint density at radius 1 is 1.38 bits per heavy atom. The van der Waals surface area contributed by atoms with E-state index in [0.29, 0.717) is 5.92 Å². The highest BCUT2D eigenvalue weighted by atomic mass is 16.3.